The molecule has 6 heteroatoms. The van der Waals surface area contributed by atoms with E-state index in [9.17, 15) is 14.7 Å². The Hall–Kier alpha value is -1.82. The van der Waals surface area contributed by atoms with Gasteiger partial charge in [0.2, 0.25) is 5.91 Å². The van der Waals surface area contributed by atoms with Gasteiger partial charge in [-0.05, 0) is 49.1 Å². The van der Waals surface area contributed by atoms with E-state index in [-0.39, 0.29) is 36.1 Å². The molecule has 3 N–H and O–H groups in total. The standard InChI is InChI=1S/C19H30N2O4/c1-13(22)20-11-15-5-6-16(25-15)17(23)21-12-19(24)9-7-14(8-10-19)18(2,3)4/h5-6,14,24H,7-12H2,1-4H3,(H,20,22)(H,21,23). The molecule has 0 aromatic carbocycles. The molecule has 2 amide bonds. The van der Waals surface area contributed by atoms with Gasteiger partial charge >= 0.3 is 0 Å². The topological polar surface area (TPSA) is 91.6 Å². The smallest absolute Gasteiger partial charge is 0.287 e. The number of carbonyl (C=O) groups excluding carboxylic acids is 2. The van der Waals surface area contributed by atoms with Crippen molar-refractivity contribution in [3.05, 3.63) is 23.7 Å². The minimum Gasteiger partial charge on any atom is -0.454 e. The summed E-state index contributed by atoms with van der Waals surface area (Å²) < 4.78 is 5.42. The summed E-state index contributed by atoms with van der Waals surface area (Å²) in [7, 11) is 0. The van der Waals surface area contributed by atoms with Crippen LogP contribution in [0.25, 0.3) is 0 Å². The Kier molecular flexibility index (Phi) is 5.93. The van der Waals surface area contributed by atoms with E-state index in [1.807, 2.05) is 0 Å². The van der Waals surface area contributed by atoms with Gasteiger partial charge in [0.15, 0.2) is 5.76 Å². The Morgan fingerprint density at radius 1 is 1.24 bits per heavy atom. The van der Waals surface area contributed by atoms with Crippen LogP contribution in [0.2, 0.25) is 0 Å². The first-order valence-electron chi connectivity index (χ1n) is 8.93. The lowest BCUT2D eigenvalue weighted by Crippen LogP contribution is -2.46. The third-order valence-corrected chi connectivity index (χ3v) is 5.12. The monoisotopic (exact) mass is 350 g/mol. The van der Waals surface area contributed by atoms with Crippen LogP contribution < -0.4 is 10.6 Å². The molecular weight excluding hydrogens is 320 g/mol. The van der Waals surface area contributed by atoms with E-state index in [0.717, 1.165) is 12.8 Å². The number of aliphatic hydroxyl groups is 1. The van der Waals surface area contributed by atoms with Crippen LogP contribution in [0.15, 0.2) is 16.5 Å². The first-order chi connectivity index (χ1) is 11.6. The second-order valence-corrected chi connectivity index (χ2v) is 8.22. The molecule has 2 rings (SSSR count). The summed E-state index contributed by atoms with van der Waals surface area (Å²) in [6.07, 6.45) is 3.33. The van der Waals surface area contributed by atoms with Crippen LogP contribution in [0.5, 0.6) is 0 Å². The zero-order valence-electron chi connectivity index (χ0n) is 15.6. The summed E-state index contributed by atoms with van der Waals surface area (Å²) in [4.78, 5) is 23.1. The van der Waals surface area contributed by atoms with Gasteiger partial charge in [-0.1, -0.05) is 20.8 Å². The van der Waals surface area contributed by atoms with E-state index in [1.165, 1.54) is 6.92 Å². The van der Waals surface area contributed by atoms with Crippen molar-refractivity contribution in [1.29, 1.82) is 0 Å². The van der Waals surface area contributed by atoms with Crippen LogP contribution in [-0.2, 0) is 11.3 Å². The predicted octanol–water partition coefficient (Wildman–Crippen LogP) is 2.61. The molecule has 1 aromatic heterocycles. The fourth-order valence-electron chi connectivity index (χ4n) is 3.34. The number of carbonyl (C=O) groups is 2. The molecule has 1 saturated carbocycles. The van der Waals surface area contributed by atoms with Crippen molar-refractivity contribution in [2.45, 2.75) is 65.5 Å². The second-order valence-electron chi connectivity index (χ2n) is 8.22. The molecule has 0 atom stereocenters. The van der Waals surface area contributed by atoms with E-state index >= 15 is 0 Å². The zero-order valence-corrected chi connectivity index (χ0v) is 15.6. The molecule has 6 nitrogen and oxygen atoms in total. The normalized spacial score (nSPS) is 24.0. The Balaban J connectivity index is 1.83. The highest BCUT2D eigenvalue weighted by atomic mass is 16.4. The summed E-state index contributed by atoms with van der Waals surface area (Å²) in [6, 6.07) is 3.24. The van der Waals surface area contributed by atoms with Gasteiger partial charge in [0.05, 0.1) is 12.1 Å². The van der Waals surface area contributed by atoms with Crippen molar-refractivity contribution in [1.82, 2.24) is 10.6 Å². The maximum Gasteiger partial charge on any atom is 0.287 e. The molecular formula is C19H30N2O4. The van der Waals surface area contributed by atoms with E-state index in [0.29, 0.717) is 24.5 Å². The number of amides is 2. The van der Waals surface area contributed by atoms with E-state index in [1.54, 1.807) is 12.1 Å². The first kappa shape index (κ1) is 19.5. The molecule has 0 aliphatic heterocycles. The van der Waals surface area contributed by atoms with E-state index in [4.69, 9.17) is 4.42 Å². The molecule has 0 spiro atoms. The van der Waals surface area contributed by atoms with Crippen molar-refractivity contribution in [3.8, 4) is 0 Å². The Morgan fingerprint density at radius 2 is 1.88 bits per heavy atom. The van der Waals surface area contributed by atoms with Crippen LogP contribution in [0.3, 0.4) is 0 Å². The van der Waals surface area contributed by atoms with Gasteiger partial charge in [-0.2, -0.15) is 0 Å². The van der Waals surface area contributed by atoms with Gasteiger partial charge in [-0.3, -0.25) is 9.59 Å². The average molecular weight is 350 g/mol. The summed E-state index contributed by atoms with van der Waals surface area (Å²) in [6.45, 7) is 8.61. The number of rotatable bonds is 5. The SMILES string of the molecule is CC(=O)NCc1ccc(C(=O)NCC2(O)CCC(C(C)(C)C)CC2)o1. The largest absolute Gasteiger partial charge is 0.454 e. The van der Waals surface area contributed by atoms with Crippen molar-refractivity contribution < 1.29 is 19.1 Å². The summed E-state index contributed by atoms with van der Waals surface area (Å²) in [5.74, 6) is 0.804. The average Bonchev–Trinajstić information content (AvgIpc) is 2.99. The number of hydrogen-bond donors (Lipinski definition) is 3. The highest BCUT2D eigenvalue weighted by molar-refractivity contribution is 5.91. The molecule has 140 valence electrons. The van der Waals surface area contributed by atoms with Crippen LogP contribution in [0, 0.1) is 11.3 Å². The Morgan fingerprint density at radius 3 is 2.44 bits per heavy atom. The fraction of sp³-hybridized carbons (Fsp3) is 0.684. The maximum atomic E-state index is 12.2. The molecule has 0 bridgehead atoms. The second kappa shape index (κ2) is 7.60. The van der Waals surface area contributed by atoms with Gasteiger partial charge in [0, 0.05) is 13.5 Å². The molecule has 1 aliphatic rings. The van der Waals surface area contributed by atoms with Gasteiger partial charge in [-0.15, -0.1) is 0 Å². The van der Waals surface area contributed by atoms with Gasteiger partial charge in [-0.25, -0.2) is 0 Å². The van der Waals surface area contributed by atoms with Crippen LogP contribution in [-0.4, -0.2) is 29.1 Å². The van der Waals surface area contributed by atoms with E-state index < -0.39 is 5.60 Å². The van der Waals surface area contributed by atoms with Crippen molar-refractivity contribution >= 4 is 11.8 Å². The highest BCUT2D eigenvalue weighted by Crippen LogP contribution is 2.41. The third-order valence-electron chi connectivity index (χ3n) is 5.12. The van der Waals surface area contributed by atoms with Crippen LogP contribution >= 0.6 is 0 Å². The van der Waals surface area contributed by atoms with Crippen molar-refractivity contribution in [2.24, 2.45) is 11.3 Å². The summed E-state index contributed by atoms with van der Waals surface area (Å²) >= 11 is 0. The van der Waals surface area contributed by atoms with Gasteiger partial charge < -0.3 is 20.2 Å². The maximum absolute atomic E-state index is 12.2. The van der Waals surface area contributed by atoms with Gasteiger partial charge in [0.1, 0.15) is 5.76 Å². The number of furan rings is 1. The van der Waals surface area contributed by atoms with Crippen LogP contribution in [0.4, 0.5) is 0 Å². The molecule has 1 aliphatic carbocycles. The number of nitrogens with one attached hydrogen (secondary N) is 2. The zero-order chi connectivity index (χ0) is 18.7. The van der Waals surface area contributed by atoms with E-state index in [2.05, 4.69) is 31.4 Å². The lowest BCUT2D eigenvalue weighted by molar-refractivity contribution is -0.119. The fourth-order valence-corrected chi connectivity index (χ4v) is 3.34. The molecule has 0 saturated heterocycles. The minimum atomic E-state index is -0.844. The first-order valence-corrected chi connectivity index (χ1v) is 8.93. The molecule has 1 fully saturated rings. The molecule has 25 heavy (non-hydrogen) atoms. The molecule has 0 radical (unpaired) electrons. The third kappa shape index (κ3) is 5.59. The summed E-state index contributed by atoms with van der Waals surface area (Å²) in [5, 5.41) is 16.1. The quantitative estimate of drug-likeness (QED) is 0.761. The number of hydrogen-bond acceptors (Lipinski definition) is 4. The van der Waals surface area contributed by atoms with Gasteiger partial charge in [0.25, 0.3) is 5.91 Å². The lowest BCUT2D eigenvalue weighted by Gasteiger charge is -2.41. The minimum absolute atomic E-state index is 0.157. The molecule has 1 aromatic rings. The Bertz CT molecular complexity index is 607. The lowest BCUT2D eigenvalue weighted by atomic mass is 9.68. The highest BCUT2D eigenvalue weighted by Gasteiger charge is 2.37. The molecule has 0 unspecified atom stereocenters. The summed E-state index contributed by atoms with van der Waals surface area (Å²) in [5.41, 5.74) is -0.591. The Labute approximate surface area is 149 Å². The molecule has 1 heterocycles. The van der Waals surface area contributed by atoms with Crippen molar-refractivity contribution in [2.75, 3.05) is 6.54 Å². The predicted molar refractivity (Wildman–Crippen MR) is 94.9 cm³/mol. The van der Waals surface area contributed by atoms with Crippen LogP contribution in [0.1, 0.15) is 69.7 Å². The van der Waals surface area contributed by atoms with Crippen molar-refractivity contribution in [3.63, 3.8) is 0 Å².